The average molecular weight is 1350 g/mol. The first-order valence-electron chi connectivity index (χ1n) is 36.9. The van der Waals surface area contributed by atoms with Crippen molar-refractivity contribution >= 4 is 39.5 Å². The molecule has 0 saturated carbocycles. The van der Waals surface area contributed by atoms with E-state index in [2.05, 4.69) is 76.3 Å². The van der Waals surface area contributed by atoms with E-state index in [1.807, 2.05) is 0 Å². The second-order valence-corrected chi connectivity index (χ2v) is 27.8. The molecule has 0 aliphatic heterocycles. The minimum absolute atomic E-state index is 0.0985. The van der Waals surface area contributed by atoms with Gasteiger partial charge in [-0.1, -0.05) is 282 Å². The van der Waals surface area contributed by atoms with Crippen LogP contribution in [0.5, 0.6) is 0 Å². The Kier molecular flexibility index (Phi) is 64.5. The Labute approximate surface area is 559 Å². The van der Waals surface area contributed by atoms with Gasteiger partial charge in [0, 0.05) is 25.7 Å². The lowest BCUT2D eigenvalue weighted by Gasteiger charge is -2.21. The number of aliphatic hydroxyl groups is 1. The summed E-state index contributed by atoms with van der Waals surface area (Å²) >= 11 is 0. The molecule has 0 bridgehead atoms. The summed E-state index contributed by atoms with van der Waals surface area (Å²) in [5.74, 6) is -2.17. The number of esters is 4. The van der Waals surface area contributed by atoms with Gasteiger partial charge in [-0.05, 0) is 77.0 Å². The second kappa shape index (κ2) is 66.6. The Hall–Kier alpha value is -2.98. The molecule has 5 unspecified atom stereocenters. The molecule has 0 fully saturated rings. The zero-order chi connectivity index (χ0) is 67.5. The number of aliphatic hydroxyl groups excluding tert-OH is 1. The molecule has 0 spiro atoms. The van der Waals surface area contributed by atoms with Gasteiger partial charge < -0.3 is 33.8 Å². The van der Waals surface area contributed by atoms with Gasteiger partial charge in [-0.25, -0.2) is 9.13 Å². The summed E-state index contributed by atoms with van der Waals surface area (Å²) in [6.45, 7) is 4.74. The van der Waals surface area contributed by atoms with Crippen LogP contribution in [0.2, 0.25) is 0 Å². The summed E-state index contributed by atoms with van der Waals surface area (Å²) in [7, 11) is -9.92. The molecule has 19 heteroatoms. The summed E-state index contributed by atoms with van der Waals surface area (Å²) in [6, 6.07) is 0. The van der Waals surface area contributed by atoms with Gasteiger partial charge in [-0.15, -0.1) is 0 Å². The maximum atomic E-state index is 13.0. The van der Waals surface area contributed by atoms with E-state index in [0.717, 1.165) is 141 Å². The van der Waals surface area contributed by atoms with Crippen LogP contribution in [-0.4, -0.2) is 96.7 Å². The number of hydrogen-bond acceptors (Lipinski definition) is 15. The molecule has 0 radical (unpaired) electrons. The fourth-order valence-corrected chi connectivity index (χ4v) is 11.7. The Bertz CT molecular complexity index is 1940. The van der Waals surface area contributed by atoms with Crippen LogP contribution in [0.3, 0.4) is 0 Å². The molecule has 0 saturated heterocycles. The second-order valence-electron chi connectivity index (χ2n) is 24.9. The normalized spacial score (nSPS) is 14.3. The first kappa shape index (κ1) is 89.0. The van der Waals surface area contributed by atoms with Crippen molar-refractivity contribution in [3.8, 4) is 0 Å². The number of carbonyl (C=O) groups is 4. The predicted octanol–water partition coefficient (Wildman–Crippen LogP) is 20.6. The Morgan fingerprint density at radius 1 is 0.315 bits per heavy atom. The maximum absolute atomic E-state index is 13.0. The van der Waals surface area contributed by atoms with E-state index >= 15 is 0 Å². The highest BCUT2D eigenvalue weighted by atomic mass is 31.2. The van der Waals surface area contributed by atoms with Crippen LogP contribution in [0.15, 0.2) is 48.6 Å². The molecule has 0 heterocycles. The summed E-state index contributed by atoms with van der Waals surface area (Å²) < 4.78 is 68.3. The van der Waals surface area contributed by atoms with Gasteiger partial charge in [0.15, 0.2) is 12.2 Å². The third kappa shape index (κ3) is 65.7. The summed E-state index contributed by atoms with van der Waals surface area (Å²) in [6.07, 6.45) is 61.1. The van der Waals surface area contributed by atoms with Crippen molar-refractivity contribution in [1.82, 2.24) is 0 Å². The number of rotatable bonds is 70. The molecule has 538 valence electrons. The molecule has 0 amide bonds. The molecule has 92 heavy (non-hydrogen) atoms. The van der Waals surface area contributed by atoms with Gasteiger partial charge in [0.2, 0.25) is 0 Å². The highest BCUT2D eigenvalue weighted by Gasteiger charge is 2.30. The lowest BCUT2D eigenvalue weighted by Crippen LogP contribution is -2.30. The topological polar surface area (TPSA) is 237 Å². The number of unbranched alkanes of at least 4 members (excludes halogenated alkanes) is 36. The van der Waals surface area contributed by atoms with Gasteiger partial charge >= 0.3 is 39.5 Å². The molecule has 5 atom stereocenters. The third-order valence-corrected chi connectivity index (χ3v) is 17.7. The predicted molar refractivity (Wildman–Crippen MR) is 372 cm³/mol. The molecule has 0 aromatic heterocycles. The Morgan fingerprint density at radius 2 is 0.576 bits per heavy atom. The van der Waals surface area contributed by atoms with Crippen molar-refractivity contribution < 1.29 is 80.2 Å². The molecule has 0 aliphatic rings. The fraction of sp³-hybridized carbons (Fsp3) is 0.836. The smallest absolute Gasteiger partial charge is 0.462 e. The number of phosphoric ester groups is 2. The lowest BCUT2D eigenvalue weighted by molar-refractivity contribution is -0.161. The van der Waals surface area contributed by atoms with Gasteiger partial charge in [-0.2, -0.15) is 0 Å². The van der Waals surface area contributed by atoms with Crippen LogP contribution < -0.4 is 0 Å². The summed E-state index contributed by atoms with van der Waals surface area (Å²) in [5.41, 5.74) is 0. The quantitative estimate of drug-likeness (QED) is 0.0169. The van der Waals surface area contributed by atoms with Crippen LogP contribution >= 0.6 is 15.6 Å². The van der Waals surface area contributed by atoms with Crippen LogP contribution in [0.4, 0.5) is 0 Å². The van der Waals surface area contributed by atoms with E-state index in [1.54, 1.807) is 0 Å². The fourth-order valence-electron chi connectivity index (χ4n) is 10.2. The average Bonchev–Trinajstić information content (AvgIpc) is 2.93. The molecular weight excluding hydrogens is 1210 g/mol. The molecule has 0 aliphatic carbocycles. The molecular formula is C73H134O17P2. The van der Waals surface area contributed by atoms with E-state index in [9.17, 15) is 43.2 Å². The lowest BCUT2D eigenvalue weighted by atomic mass is 10.0. The SMILES string of the molecule is CC/C=C\C/C=C\C/C=C\CCCCCCCC(=O)OCC(COP(=O)(O)OCC(O)COP(=O)(O)OCC(COC(=O)CCCCCCC/C=C\CCCC)OC(=O)CCCCCCCCCCCCC)OC(=O)CCCCCCCCCCCCCCCCC. The first-order chi connectivity index (χ1) is 44.7. The zero-order valence-electron chi connectivity index (χ0n) is 58.5. The van der Waals surface area contributed by atoms with Gasteiger partial charge in [0.05, 0.1) is 26.4 Å². The van der Waals surface area contributed by atoms with Crippen molar-refractivity contribution in [2.24, 2.45) is 0 Å². The maximum Gasteiger partial charge on any atom is 0.472 e. The molecule has 3 N–H and O–H groups in total. The first-order valence-corrected chi connectivity index (χ1v) is 39.9. The largest absolute Gasteiger partial charge is 0.472 e. The monoisotopic (exact) mass is 1340 g/mol. The third-order valence-electron chi connectivity index (χ3n) is 15.8. The number of hydrogen-bond donors (Lipinski definition) is 3. The van der Waals surface area contributed by atoms with Crippen LogP contribution in [-0.2, 0) is 65.4 Å². The number of phosphoric acid groups is 2. The number of allylic oxidation sites excluding steroid dienone is 8. The summed E-state index contributed by atoms with van der Waals surface area (Å²) in [4.78, 5) is 72.6. The van der Waals surface area contributed by atoms with E-state index in [-0.39, 0.29) is 25.7 Å². The minimum atomic E-state index is -4.96. The van der Waals surface area contributed by atoms with Crippen molar-refractivity contribution in [1.29, 1.82) is 0 Å². The zero-order valence-corrected chi connectivity index (χ0v) is 60.3. The minimum Gasteiger partial charge on any atom is -0.462 e. The Morgan fingerprint density at radius 3 is 0.913 bits per heavy atom. The van der Waals surface area contributed by atoms with Gasteiger partial charge in [0.1, 0.15) is 19.3 Å². The Balaban J connectivity index is 5.29. The van der Waals surface area contributed by atoms with E-state index in [4.69, 9.17) is 37.0 Å². The van der Waals surface area contributed by atoms with Crippen molar-refractivity contribution in [3.63, 3.8) is 0 Å². The van der Waals surface area contributed by atoms with Crippen LogP contribution in [0, 0.1) is 0 Å². The van der Waals surface area contributed by atoms with Gasteiger partial charge in [-0.3, -0.25) is 37.3 Å². The molecule has 0 rings (SSSR count). The van der Waals surface area contributed by atoms with Crippen molar-refractivity contribution in [3.05, 3.63) is 48.6 Å². The van der Waals surface area contributed by atoms with Crippen molar-refractivity contribution in [2.75, 3.05) is 39.6 Å². The van der Waals surface area contributed by atoms with Crippen LogP contribution in [0.1, 0.15) is 336 Å². The van der Waals surface area contributed by atoms with Crippen molar-refractivity contribution in [2.45, 2.75) is 354 Å². The van der Waals surface area contributed by atoms with E-state index in [1.165, 1.54) is 116 Å². The van der Waals surface area contributed by atoms with E-state index in [0.29, 0.717) is 25.7 Å². The highest BCUT2D eigenvalue weighted by molar-refractivity contribution is 7.47. The highest BCUT2D eigenvalue weighted by Crippen LogP contribution is 2.45. The molecule has 0 aromatic carbocycles. The number of carbonyl (C=O) groups excluding carboxylic acids is 4. The standard InChI is InChI=1S/C73H134O17P2/c1-5-9-13-17-21-25-29-31-33-35-39-42-46-50-54-58-71(76)84-64-69(90-73(78)60-56-52-48-44-40-36-34-32-30-26-22-18-14-10-6-2)66-88-92(81,82)86-62-67(74)61-85-91(79,80)87-65-68(89-72(77)59-55-51-47-43-38-28-24-20-16-12-8-4)63-83-70(75)57-53-49-45-41-37-27-23-19-15-11-7-3/h9,13,19,21,23,25,31,33,67-69,74H,5-8,10-12,14-18,20,22,24,26-30,32,34-66H2,1-4H3,(H,79,80)(H,81,82)/b13-9-,23-19-,25-21-,33-31-. The van der Waals surface area contributed by atoms with Crippen LogP contribution in [0.25, 0.3) is 0 Å². The molecule has 17 nitrogen and oxygen atoms in total. The van der Waals surface area contributed by atoms with Gasteiger partial charge in [0.25, 0.3) is 0 Å². The van der Waals surface area contributed by atoms with E-state index < -0.39 is 97.5 Å². The summed E-state index contributed by atoms with van der Waals surface area (Å²) in [5, 5.41) is 10.6. The molecule has 0 aromatic rings. The number of ether oxygens (including phenoxy) is 4.